The molecule has 3 atom stereocenters. The number of halogens is 1. The molecule has 4 nitrogen and oxygen atoms in total. The Morgan fingerprint density at radius 3 is 2.56 bits per heavy atom. The van der Waals surface area contributed by atoms with Crippen LogP contribution >= 0.6 is 11.6 Å². The van der Waals surface area contributed by atoms with Crippen LogP contribution in [0, 0.1) is 5.92 Å². The maximum atomic E-state index is 11.8. The third-order valence-corrected chi connectivity index (χ3v) is 3.19. The lowest BCUT2D eigenvalue weighted by Crippen LogP contribution is -2.51. The predicted molar refractivity (Wildman–Crippen MR) is 63.4 cm³/mol. The van der Waals surface area contributed by atoms with Crippen LogP contribution in [-0.2, 0) is 4.79 Å². The van der Waals surface area contributed by atoms with Crippen LogP contribution < -0.4 is 5.32 Å². The number of alkyl halides is 1. The lowest BCUT2D eigenvalue weighted by molar-refractivity contribution is -0.119. The van der Waals surface area contributed by atoms with Crippen LogP contribution in [0.5, 0.6) is 0 Å². The van der Waals surface area contributed by atoms with Crippen LogP contribution in [-0.4, -0.2) is 34.8 Å². The highest BCUT2D eigenvalue weighted by Crippen LogP contribution is 2.21. The van der Waals surface area contributed by atoms with Gasteiger partial charge in [0.15, 0.2) is 0 Å². The van der Waals surface area contributed by atoms with Crippen molar-refractivity contribution in [2.45, 2.75) is 45.0 Å². The summed E-state index contributed by atoms with van der Waals surface area (Å²) in [7, 11) is 0. The Balaban J connectivity index is 2.51. The van der Waals surface area contributed by atoms with Crippen LogP contribution in [0.1, 0.15) is 33.6 Å². The number of amides is 3. The van der Waals surface area contributed by atoms with Crippen molar-refractivity contribution in [3.8, 4) is 0 Å². The van der Waals surface area contributed by atoms with Gasteiger partial charge >= 0.3 is 6.03 Å². The average Bonchev–Trinajstić information content (AvgIpc) is 2.16. The smallest absolute Gasteiger partial charge is 0.322 e. The zero-order chi connectivity index (χ0) is 12.3. The number of hydrogen-bond donors (Lipinski definition) is 1. The Morgan fingerprint density at radius 1 is 1.44 bits per heavy atom. The van der Waals surface area contributed by atoms with Crippen molar-refractivity contribution in [3.05, 3.63) is 0 Å². The topological polar surface area (TPSA) is 49.4 Å². The Labute approximate surface area is 101 Å². The number of hydrogen-bond acceptors (Lipinski definition) is 2. The summed E-state index contributed by atoms with van der Waals surface area (Å²) in [5.74, 6) is 0.208. The molecule has 1 rings (SSSR count). The van der Waals surface area contributed by atoms with Gasteiger partial charge in [-0.25, -0.2) is 4.79 Å². The van der Waals surface area contributed by atoms with E-state index in [0.717, 1.165) is 12.8 Å². The molecule has 0 spiro atoms. The lowest BCUT2D eigenvalue weighted by Gasteiger charge is -2.36. The molecule has 1 aliphatic heterocycles. The van der Waals surface area contributed by atoms with E-state index in [9.17, 15) is 9.59 Å². The molecule has 1 heterocycles. The molecular weight excluding hydrogens is 228 g/mol. The van der Waals surface area contributed by atoms with Gasteiger partial charge in [0.2, 0.25) is 5.91 Å². The Morgan fingerprint density at radius 2 is 2.06 bits per heavy atom. The summed E-state index contributed by atoms with van der Waals surface area (Å²) in [6.07, 6.45) is 1.97. The summed E-state index contributed by atoms with van der Waals surface area (Å²) in [5, 5.41) is 1.63. The molecular formula is C11H19ClN2O2. The highest BCUT2D eigenvalue weighted by Gasteiger charge is 2.28. The minimum absolute atomic E-state index is 0.183. The van der Waals surface area contributed by atoms with E-state index < -0.39 is 11.3 Å². The largest absolute Gasteiger partial charge is 0.324 e. The SMILES string of the molecule is CC1CCN(C(=O)NC(=O)C(C)Cl)C(C)C1. The maximum Gasteiger partial charge on any atom is 0.324 e. The van der Waals surface area contributed by atoms with Crippen molar-refractivity contribution >= 4 is 23.5 Å². The summed E-state index contributed by atoms with van der Waals surface area (Å²) in [5.41, 5.74) is 0. The number of carbonyl (C=O) groups excluding carboxylic acids is 2. The normalized spacial score (nSPS) is 27.4. The van der Waals surface area contributed by atoms with Crippen LogP contribution in [0.2, 0.25) is 0 Å². The molecule has 0 aromatic rings. The number of rotatable bonds is 1. The molecule has 92 valence electrons. The van der Waals surface area contributed by atoms with Crippen LogP contribution in [0.15, 0.2) is 0 Å². The van der Waals surface area contributed by atoms with E-state index in [2.05, 4.69) is 12.2 Å². The molecule has 5 heteroatoms. The van der Waals surface area contributed by atoms with Crippen molar-refractivity contribution in [1.29, 1.82) is 0 Å². The van der Waals surface area contributed by atoms with Gasteiger partial charge in [-0.15, -0.1) is 11.6 Å². The minimum Gasteiger partial charge on any atom is -0.322 e. The predicted octanol–water partition coefficient (Wildman–Crippen LogP) is 1.97. The molecule has 0 radical (unpaired) electrons. The number of imide groups is 1. The molecule has 0 bridgehead atoms. The van der Waals surface area contributed by atoms with E-state index >= 15 is 0 Å². The fourth-order valence-corrected chi connectivity index (χ4v) is 2.04. The van der Waals surface area contributed by atoms with Gasteiger partial charge in [0.1, 0.15) is 5.38 Å². The lowest BCUT2D eigenvalue weighted by atomic mass is 9.94. The highest BCUT2D eigenvalue weighted by atomic mass is 35.5. The molecule has 1 fully saturated rings. The molecule has 16 heavy (non-hydrogen) atoms. The van der Waals surface area contributed by atoms with E-state index in [4.69, 9.17) is 11.6 Å². The molecule has 3 unspecified atom stereocenters. The third-order valence-electron chi connectivity index (χ3n) is 2.99. The second-order valence-corrected chi connectivity index (χ2v) is 5.24. The van der Waals surface area contributed by atoms with E-state index in [1.165, 1.54) is 0 Å². The van der Waals surface area contributed by atoms with E-state index in [1.807, 2.05) is 6.92 Å². The quantitative estimate of drug-likeness (QED) is 0.720. The molecule has 1 saturated heterocycles. The summed E-state index contributed by atoms with van der Waals surface area (Å²) in [6.45, 7) is 6.44. The third kappa shape index (κ3) is 3.37. The Kier molecular flexibility index (Phi) is 4.59. The number of likely N-dealkylation sites (tertiary alicyclic amines) is 1. The number of piperidine rings is 1. The van der Waals surface area contributed by atoms with E-state index in [1.54, 1.807) is 11.8 Å². The fraction of sp³-hybridized carbons (Fsp3) is 0.818. The van der Waals surface area contributed by atoms with Crippen molar-refractivity contribution in [3.63, 3.8) is 0 Å². The summed E-state index contributed by atoms with van der Waals surface area (Å²) in [4.78, 5) is 24.7. The number of urea groups is 1. The molecule has 3 amide bonds. The van der Waals surface area contributed by atoms with Crippen LogP contribution in [0.4, 0.5) is 4.79 Å². The summed E-state index contributed by atoms with van der Waals surface area (Å²) >= 11 is 5.59. The first kappa shape index (κ1) is 13.3. The average molecular weight is 247 g/mol. The maximum absolute atomic E-state index is 11.8. The summed E-state index contributed by atoms with van der Waals surface area (Å²) < 4.78 is 0. The second kappa shape index (κ2) is 5.53. The van der Waals surface area contributed by atoms with E-state index in [0.29, 0.717) is 12.5 Å². The van der Waals surface area contributed by atoms with Gasteiger partial charge in [-0.2, -0.15) is 0 Å². The number of nitrogens with zero attached hydrogens (tertiary/aromatic N) is 1. The monoisotopic (exact) mass is 246 g/mol. The standard InChI is InChI=1S/C11H19ClN2O2/c1-7-4-5-14(8(2)6-7)11(16)13-10(15)9(3)12/h7-9H,4-6H2,1-3H3,(H,13,15,16). The van der Waals surface area contributed by atoms with Crippen molar-refractivity contribution in [2.24, 2.45) is 5.92 Å². The number of carbonyl (C=O) groups is 2. The van der Waals surface area contributed by atoms with E-state index in [-0.39, 0.29) is 12.1 Å². The van der Waals surface area contributed by atoms with Gasteiger partial charge in [-0.1, -0.05) is 6.92 Å². The number of nitrogens with one attached hydrogen (secondary N) is 1. The molecule has 1 aliphatic rings. The first-order chi connectivity index (χ1) is 7.41. The molecule has 0 aliphatic carbocycles. The zero-order valence-corrected chi connectivity index (χ0v) is 10.8. The van der Waals surface area contributed by atoms with Crippen molar-refractivity contribution < 1.29 is 9.59 Å². The fourth-order valence-electron chi connectivity index (χ4n) is 1.99. The molecule has 0 aromatic heterocycles. The van der Waals surface area contributed by atoms with Gasteiger partial charge < -0.3 is 4.90 Å². The minimum atomic E-state index is -0.678. The van der Waals surface area contributed by atoms with Gasteiger partial charge in [-0.3, -0.25) is 10.1 Å². The van der Waals surface area contributed by atoms with Crippen LogP contribution in [0.3, 0.4) is 0 Å². The van der Waals surface area contributed by atoms with Crippen LogP contribution in [0.25, 0.3) is 0 Å². The summed E-state index contributed by atoms with van der Waals surface area (Å²) in [6, 6.07) is -0.140. The zero-order valence-electron chi connectivity index (χ0n) is 10.00. The van der Waals surface area contributed by atoms with Gasteiger partial charge in [0.05, 0.1) is 0 Å². The van der Waals surface area contributed by atoms with Gasteiger partial charge in [0, 0.05) is 12.6 Å². The second-order valence-electron chi connectivity index (χ2n) is 4.58. The van der Waals surface area contributed by atoms with Gasteiger partial charge in [0.25, 0.3) is 0 Å². The van der Waals surface area contributed by atoms with Crippen molar-refractivity contribution in [1.82, 2.24) is 10.2 Å². The first-order valence-corrected chi connectivity index (χ1v) is 6.11. The van der Waals surface area contributed by atoms with Gasteiger partial charge in [-0.05, 0) is 32.6 Å². The molecule has 1 N–H and O–H groups in total. The Bertz CT molecular complexity index is 281. The first-order valence-electron chi connectivity index (χ1n) is 5.67. The highest BCUT2D eigenvalue weighted by molar-refractivity contribution is 6.31. The molecule has 0 saturated carbocycles. The van der Waals surface area contributed by atoms with Crippen molar-refractivity contribution in [2.75, 3.05) is 6.54 Å². The molecule has 0 aromatic carbocycles. The Hall–Kier alpha value is -0.770.